The normalized spacial score (nSPS) is 12.7. The van der Waals surface area contributed by atoms with Crippen LogP contribution < -0.4 is 5.73 Å². The molecule has 0 amide bonds. The molecule has 2 rings (SSSR count). The van der Waals surface area contributed by atoms with E-state index >= 15 is 0 Å². The van der Waals surface area contributed by atoms with Crippen LogP contribution in [0.2, 0.25) is 0 Å². The van der Waals surface area contributed by atoms with E-state index in [9.17, 15) is 0 Å². The number of hydrogen-bond donors (Lipinski definition) is 1. The van der Waals surface area contributed by atoms with Gasteiger partial charge in [-0.3, -0.25) is 0 Å². The van der Waals surface area contributed by atoms with Gasteiger partial charge in [-0.2, -0.15) is 5.10 Å². The van der Waals surface area contributed by atoms with Crippen LogP contribution in [0.25, 0.3) is 0 Å². The summed E-state index contributed by atoms with van der Waals surface area (Å²) < 4.78 is 1.78. The van der Waals surface area contributed by atoms with Gasteiger partial charge in [0.25, 0.3) is 0 Å². The Kier molecular flexibility index (Phi) is 2.78. The Hall–Kier alpha value is -1.68. The van der Waals surface area contributed by atoms with Gasteiger partial charge in [-0.1, -0.05) is 29.8 Å². The second kappa shape index (κ2) is 4.23. The summed E-state index contributed by atoms with van der Waals surface area (Å²) in [5, 5.41) is 4.11. The predicted octanol–water partition coefficient (Wildman–Crippen LogP) is 1.13. The van der Waals surface area contributed by atoms with E-state index in [0.29, 0.717) is 6.54 Å². The molecular weight excluding hydrogens is 188 g/mol. The van der Waals surface area contributed by atoms with Crippen molar-refractivity contribution in [3.8, 4) is 0 Å². The first kappa shape index (κ1) is 9.86. The maximum atomic E-state index is 5.75. The van der Waals surface area contributed by atoms with Crippen LogP contribution in [0.15, 0.2) is 36.9 Å². The van der Waals surface area contributed by atoms with Crippen molar-refractivity contribution in [2.45, 2.75) is 13.0 Å². The Bertz CT molecular complexity index is 405. The summed E-state index contributed by atoms with van der Waals surface area (Å²) in [6.45, 7) is 2.59. The number of aryl methyl sites for hydroxylation is 1. The largest absolute Gasteiger partial charge is 0.328 e. The SMILES string of the molecule is Cc1ccc(C(CN)n2cncn2)cc1. The van der Waals surface area contributed by atoms with Gasteiger partial charge in [0.05, 0.1) is 6.04 Å². The molecule has 1 atom stereocenters. The summed E-state index contributed by atoms with van der Waals surface area (Å²) in [7, 11) is 0. The van der Waals surface area contributed by atoms with Crippen LogP contribution in [0, 0.1) is 6.92 Å². The molecule has 15 heavy (non-hydrogen) atoms. The molecule has 1 aromatic carbocycles. The molecule has 1 unspecified atom stereocenters. The number of nitrogens with zero attached hydrogens (tertiary/aromatic N) is 3. The highest BCUT2D eigenvalue weighted by atomic mass is 15.3. The van der Waals surface area contributed by atoms with Crippen LogP contribution in [0.1, 0.15) is 17.2 Å². The smallest absolute Gasteiger partial charge is 0.137 e. The van der Waals surface area contributed by atoms with Crippen molar-refractivity contribution < 1.29 is 0 Å². The van der Waals surface area contributed by atoms with Gasteiger partial charge < -0.3 is 5.73 Å². The van der Waals surface area contributed by atoms with Crippen molar-refractivity contribution in [1.29, 1.82) is 0 Å². The van der Waals surface area contributed by atoms with E-state index in [-0.39, 0.29) is 6.04 Å². The van der Waals surface area contributed by atoms with Crippen LogP contribution in [0.4, 0.5) is 0 Å². The Morgan fingerprint density at radius 2 is 2.07 bits per heavy atom. The van der Waals surface area contributed by atoms with E-state index < -0.39 is 0 Å². The second-order valence-electron chi connectivity index (χ2n) is 3.54. The van der Waals surface area contributed by atoms with E-state index in [1.165, 1.54) is 11.9 Å². The summed E-state index contributed by atoms with van der Waals surface area (Å²) >= 11 is 0. The summed E-state index contributed by atoms with van der Waals surface area (Å²) in [5.41, 5.74) is 8.15. The Labute approximate surface area is 88.8 Å². The maximum Gasteiger partial charge on any atom is 0.137 e. The molecule has 0 saturated carbocycles. The molecule has 0 bridgehead atoms. The van der Waals surface area contributed by atoms with Crippen LogP contribution in [0.5, 0.6) is 0 Å². The fourth-order valence-electron chi connectivity index (χ4n) is 1.56. The molecule has 2 N–H and O–H groups in total. The quantitative estimate of drug-likeness (QED) is 0.811. The van der Waals surface area contributed by atoms with Gasteiger partial charge >= 0.3 is 0 Å². The molecule has 0 fully saturated rings. The molecule has 0 radical (unpaired) electrons. The molecule has 1 aromatic heterocycles. The highest BCUT2D eigenvalue weighted by Gasteiger charge is 2.11. The molecular formula is C11H14N4. The van der Waals surface area contributed by atoms with E-state index in [0.717, 1.165) is 5.56 Å². The first-order valence-electron chi connectivity index (χ1n) is 4.92. The average Bonchev–Trinajstić information content (AvgIpc) is 2.75. The van der Waals surface area contributed by atoms with Crippen LogP contribution in [0.3, 0.4) is 0 Å². The molecule has 0 aliphatic rings. The van der Waals surface area contributed by atoms with Gasteiger partial charge in [-0.25, -0.2) is 9.67 Å². The molecule has 4 nitrogen and oxygen atoms in total. The third kappa shape index (κ3) is 2.05. The number of benzene rings is 1. The summed E-state index contributed by atoms with van der Waals surface area (Å²) in [6, 6.07) is 8.39. The van der Waals surface area contributed by atoms with Gasteiger partial charge in [0.15, 0.2) is 0 Å². The van der Waals surface area contributed by atoms with Gasteiger partial charge in [0.2, 0.25) is 0 Å². The molecule has 0 aliphatic heterocycles. The van der Waals surface area contributed by atoms with Crippen molar-refractivity contribution in [3.05, 3.63) is 48.0 Å². The lowest BCUT2D eigenvalue weighted by atomic mass is 10.1. The highest BCUT2D eigenvalue weighted by Crippen LogP contribution is 2.16. The minimum atomic E-state index is 0.0769. The summed E-state index contributed by atoms with van der Waals surface area (Å²) in [6.07, 6.45) is 3.22. The van der Waals surface area contributed by atoms with E-state index in [2.05, 4.69) is 41.3 Å². The summed E-state index contributed by atoms with van der Waals surface area (Å²) in [5.74, 6) is 0. The van der Waals surface area contributed by atoms with Gasteiger partial charge in [0.1, 0.15) is 12.7 Å². The van der Waals surface area contributed by atoms with Crippen molar-refractivity contribution in [1.82, 2.24) is 14.8 Å². The zero-order chi connectivity index (χ0) is 10.7. The lowest BCUT2D eigenvalue weighted by Gasteiger charge is -2.15. The van der Waals surface area contributed by atoms with Crippen LogP contribution in [-0.2, 0) is 0 Å². The van der Waals surface area contributed by atoms with Crippen LogP contribution in [-0.4, -0.2) is 21.3 Å². The lowest BCUT2D eigenvalue weighted by Crippen LogP contribution is -2.20. The molecule has 0 spiro atoms. The van der Waals surface area contributed by atoms with E-state index in [4.69, 9.17) is 5.73 Å². The lowest BCUT2D eigenvalue weighted by molar-refractivity contribution is 0.530. The fraction of sp³-hybridized carbons (Fsp3) is 0.273. The molecule has 2 aromatic rings. The van der Waals surface area contributed by atoms with Gasteiger partial charge in [0, 0.05) is 6.54 Å². The Morgan fingerprint density at radius 3 is 2.60 bits per heavy atom. The zero-order valence-corrected chi connectivity index (χ0v) is 8.67. The molecule has 0 aliphatic carbocycles. The van der Waals surface area contributed by atoms with Crippen molar-refractivity contribution in [2.75, 3.05) is 6.54 Å². The predicted molar refractivity (Wildman–Crippen MR) is 58.4 cm³/mol. The maximum absolute atomic E-state index is 5.75. The fourth-order valence-corrected chi connectivity index (χ4v) is 1.56. The number of nitrogens with two attached hydrogens (primary N) is 1. The second-order valence-corrected chi connectivity index (χ2v) is 3.54. The first-order chi connectivity index (χ1) is 7.31. The molecule has 4 heteroatoms. The molecule has 0 saturated heterocycles. The topological polar surface area (TPSA) is 56.7 Å². The number of rotatable bonds is 3. The van der Waals surface area contributed by atoms with Gasteiger partial charge in [-0.15, -0.1) is 0 Å². The highest BCUT2D eigenvalue weighted by molar-refractivity contribution is 5.24. The Balaban J connectivity index is 2.31. The first-order valence-corrected chi connectivity index (χ1v) is 4.92. The van der Waals surface area contributed by atoms with Gasteiger partial charge in [-0.05, 0) is 12.5 Å². The monoisotopic (exact) mass is 202 g/mol. The minimum Gasteiger partial charge on any atom is -0.328 e. The third-order valence-electron chi connectivity index (χ3n) is 2.44. The minimum absolute atomic E-state index is 0.0769. The summed E-state index contributed by atoms with van der Waals surface area (Å²) in [4.78, 5) is 3.93. The number of hydrogen-bond acceptors (Lipinski definition) is 3. The third-order valence-corrected chi connectivity index (χ3v) is 2.44. The van der Waals surface area contributed by atoms with Crippen molar-refractivity contribution >= 4 is 0 Å². The number of aromatic nitrogens is 3. The molecule has 1 heterocycles. The van der Waals surface area contributed by atoms with E-state index in [1.807, 2.05) is 0 Å². The molecule has 78 valence electrons. The average molecular weight is 202 g/mol. The zero-order valence-electron chi connectivity index (χ0n) is 8.67. The van der Waals surface area contributed by atoms with Crippen molar-refractivity contribution in [2.24, 2.45) is 5.73 Å². The standard InChI is InChI=1S/C11H14N4/c1-9-2-4-10(5-3-9)11(6-12)15-8-13-7-14-15/h2-5,7-8,11H,6,12H2,1H3. The van der Waals surface area contributed by atoms with Crippen molar-refractivity contribution in [3.63, 3.8) is 0 Å². The van der Waals surface area contributed by atoms with E-state index in [1.54, 1.807) is 11.0 Å². The van der Waals surface area contributed by atoms with Crippen LogP contribution >= 0.6 is 0 Å². The Morgan fingerprint density at radius 1 is 1.33 bits per heavy atom.